The Balaban J connectivity index is 1.98. The lowest BCUT2D eigenvalue weighted by atomic mass is 9.89. The number of ether oxygens (including phenoxy) is 1. The van der Waals surface area contributed by atoms with Crippen molar-refractivity contribution in [1.29, 1.82) is 0 Å². The van der Waals surface area contributed by atoms with E-state index in [0.717, 1.165) is 31.5 Å². The molecule has 0 radical (unpaired) electrons. The fourth-order valence-electron chi connectivity index (χ4n) is 4.22. The number of benzene rings is 1. The number of hydrogen-bond donors (Lipinski definition) is 0. The Morgan fingerprint density at radius 1 is 1.20 bits per heavy atom. The van der Waals surface area contributed by atoms with Crippen LogP contribution in [0.3, 0.4) is 0 Å². The van der Waals surface area contributed by atoms with E-state index in [2.05, 4.69) is 0 Å². The van der Waals surface area contributed by atoms with E-state index in [1.54, 1.807) is 0 Å². The number of carbonyl (C=O) groups excluding carboxylic acids is 2. The quantitative estimate of drug-likeness (QED) is 0.774. The van der Waals surface area contributed by atoms with Crippen LogP contribution in [0.25, 0.3) is 0 Å². The van der Waals surface area contributed by atoms with Gasteiger partial charge in [-0.05, 0) is 50.9 Å². The van der Waals surface area contributed by atoms with E-state index in [0.29, 0.717) is 11.4 Å². The van der Waals surface area contributed by atoms with Crippen LogP contribution in [0, 0.1) is 5.92 Å². The Kier molecular flexibility index (Phi) is 5.07. The number of nitrogens with zero attached hydrogens (tertiary/aromatic N) is 2. The van der Waals surface area contributed by atoms with Gasteiger partial charge in [0.25, 0.3) is 0 Å². The lowest BCUT2D eigenvalue weighted by Gasteiger charge is -2.33. The second kappa shape index (κ2) is 6.96. The molecule has 0 N–H and O–H groups in total. The first-order valence-corrected chi connectivity index (χ1v) is 9.12. The van der Waals surface area contributed by atoms with Crippen molar-refractivity contribution in [2.75, 3.05) is 27.2 Å². The molecule has 1 amide bonds. The number of likely N-dealkylation sites (N-methyl/N-ethyl adjacent to an activating group) is 1. The number of methoxy groups -OCH3 is 1. The molecule has 0 aromatic heterocycles. The zero-order chi connectivity index (χ0) is 18.2. The molecule has 2 saturated heterocycles. The highest BCUT2D eigenvalue weighted by Gasteiger charge is 2.55. The fourth-order valence-corrected chi connectivity index (χ4v) is 4.34. The predicted octanol–water partition coefficient (Wildman–Crippen LogP) is 2.89. The van der Waals surface area contributed by atoms with Gasteiger partial charge in [0, 0.05) is 24.2 Å². The summed E-state index contributed by atoms with van der Waals surface area (Å²) in [6.07, 6.45) is 2.56. The smallest absolute Gasteiger partial charge is 0.326 e. The first kappa shape index (κ1) is 18.2. The van der Waals surface area contributed by atoms with E-state index >= 15 is 0 Å². The van der Waals surface area contributed by atoms with Crippen LogP contribution in [-0.4, -0.2) is 54.5 Å². The number of likely N-dealkylation sites (tertiary alicyclic amines) is 2. The topological polar surface area (TPSA) is 49.9 Å². The SMILES string of the molecule is COC(=O)[C@]1(C)C[C@H](C(=O)N2CCCC2)[C@H](c2ccc(Cl)cc2)N1C. The van der Waals surface area contributed by atoms with Crippen molar-refractivity contribution in [1.82, 2.24) is 9.80 Å². The largest absolute Gasteiger partial charge is 0.468 e. The average Bonchev–Trinajstić information content (AvgIpc) is 3.23. The fraction of sp³-hybridized carbons (Fsp3) is 0.579. The van der Waals surface area contributed by atoms with Gasteiger partial charge in [0.15, 0.2) is 0 Å². The molecule has 1 aromatic rings. The highest BCUT2D eigenvalue weighted by Crippen LogP contribution is 2.47. The second-order valence-electron chi connectivity index (χ2n) is 7.22. The molecule has 3 atom stereocenters. The lowest BCUT2D eigenvalue weighted by molar-refractivity contribution is -0.152. The van der Waals surface area contributed by atoms with Gasteiger partial charge in [-0.25, -0.2) is 0 Å². The Morgan fingerprint density at radius 3 is 2.36 bits per heavy atom. The van der Waals surface area contributed by atoms with Crippen LogP contribution in [-0.2, 0) is 14.3 Å². The Labute approximate surface area is 153 Å². The third-order valence-electron chi connectivity index (χ3n) is 5.77. The van der Waals surface area contributed by atoms with Crippen molar-refractivity contribution in [3.05, 3.63) is 34.9 Å². The van der Waals surface area contributed by atoms with Crippen molar-refractivity contribution >= 4 is 23.5 Å². The standard InChI is InChI=1S/C19H25ClN2O3/c1-19(18(24)25-3)12-15(17(23)22-10-4-5-11-22)16(21(19)2)13-6-8-14(20)9-7-13/h6-9,15-16H,4-5,10-12H2,1-3H3/t15-,16-,19-/m0/s1. The van der Waals surface area contributed by atoms with Crippen LogP contribution in [0.4, 0.5) is 0 Å². The molecule has 5 nitrogen and oxygen atoms in total. The number of halogens is 1. The predicted molar refractivity (Wildman–Crippen MR) is 96.3 cm³/mol. The highest BCUT2D eigenvalue weighted by molar-refractivity contribution is 6.30. The minimum Gasteiger partial charge on any atom is -0.468 e. The molecule has 25 heavy (non-hydrogen) atoms. The maximum absolute atomic E-state index is 13.2. The van der Waals surface area contributed by atoms with E-state index in [1.807, 2.05) is 48.0 Å². The number of esters is 1. The summed E-state index contributed by atoms with van der Waals surface area (Å²) < 4.78 is 5.04. The van der Waals surface area contributed by atoms with Gasteiger partial charge in [-0.1, -0.05) is 23.7 Å². The van der Waals surface area contributed by atoms with Gasteiger partial charge in [-0.2, -0.15) is 0 Å². The molecule has 0 unspecified atom stereocenters. The highest BCUT2D eigenvalue weighted by atomic mass is 35.5. The number of carbonyl (C=O) groups is 2. The first-order chi connectivity index (χ1) is 11.9. The van der Waals surface area contributed by atoms with Crippen LogP contribution in [0.2, 0.25) is 5.02 Å². The molecule has 0 bridgehead atoms. The summed E-state index contributed by atoms with van der Waals surface area (Å²) in [4.78, 5) is 29.5. The molecule has 2 aliphatic heterocycles. The van der Waals surface area contributed by atoms with Crippen LogP contribution in [0.5, 0.6) is 0 Å². The molecule has 6 heteroatoms. The van der Waals surface area contributed by atoms with E-state index in [4.69, 9.17) is 16.3 Å². The van der Waals surface area contributed by atoms with Gasteiger partial charge in [-0.3, -0.25) is 14.5 Å². The third-order valence-corrected chi connectivity index (χ3v) is 6.02. The van der Waals surface area contributed by atoms with Gasteiger partial charge in [0.05, 0.1) is 13.0 Å². The monoisotopic (exact) mass is 364 g/mol. The summed E-state index contributed by atoms with van der Waals surface area (Å²) >= 11 is 6.02. The van der Waals surface area contributed by atoms with Crippen molar-refractivity contribution in [3.8, 4) is 0 Å². The normalized spacial score (nSPS) is 29.8. The average molecular weight is 365 g/mol. The van der Waals surface area contributed by atoms with Crippen LogP contribution < -0.4 is 0 Å². The van der Waals surface area contributed by atoms with Gasteiger partial charge in [-0.15, -0.1) is 0 Å². The van der Waals surface area contributed by atoms with E-state index in [9.17, 15) is 9.59 Å². The van der Waals surface area contributed by atoms with Gasteiger partial charge >= 0.3 is 5.97 Å². The Hall–Kier alpha value is -1.59. The molecule has 2 aliphatic rings. The van der Waals surface area contributed by atoms with E-state index in [-0.39, 0.29) is 23.8 Å². The summed E-state index contributed by atoms with van der Waals surface area (Å²) in [5.41, 5.74) is 0.177. The number of rotatable bonds is 3. The number of amides is 1. The summed E-state index contributed by atoms with van der Waals surface area (Å²) in [6.45, 7) is 3.47. The molecule has 0 aliphatic carbocycles. The van der Waals surface area contributed by atoms with Gasteiger partial charge in [0.2, 0.25) is 5.91 Å². The molecule has 3 rings (SSSR count). The van der Waals surface area contributed by atoms with Crippen molar-refractivity contribution in [3.63, 3.8) is 0 Å². The lowest BCUT2D eigenvalue weighted by Crippen LogP contribution is -2.47. The minimum absolute atomic E-state index is 0.136. The molecular weight excluding hydrogens is 340 g/mol. The van der Waals surface area contributed by atoms with Crippen LogP contribution in [0.1, 0.15) is 37.8 Å². The molecule has 1 aromatic carbocycles. The zero-order valence-corrected chi connectivity index (χ0v) is 15.8. The first-order valence-electron chi connectivity index (χ1n) is 8.74. The zero-order valence-electron chi connectivity index (χ0n) is 15.0. The van der Waals surface area contributed by atoms with E-state index in [1.165, 1.54) is 7.11 Å². The van der Waals surface area contributed by atoms with Gasteiger partial charge < -0.3 is 9.64 Å². The second-order valence-corrected chi connectivity index (χ2v) is 7.65. The van der Waals surface area contributed by atoms with Crippen molar-refractivity contribution < 1.29 is 14.3 Å². The minimum atomic E-state index is -0.820. The molecule has 2 fully saturated rings. The Bertz CT molecular complexity index is 657. The maximum Gasteiger partial charge on any atom is 0.326 e. The summed E-state index contributed by atoms with van der Waals surface area (Å²) in [6, 6.07) is 7.37. The number of hydrogen-bond acceptors (Lipinski definition) is 4. The summed E-state index contributed by atoms with van der Waals surface area (Å²) in [5.74, 6) is -0.434. The third kappa shape index (κ3) is 3.15. The summed E-state index contributed by atoms with van der Waals surface area (Å²) in [7, 11) is 3.29. The molecular formula is C19H25ClN2O3. The maximum atomic E-state index is 13.2. The summed E-state index contributed by atoms with van der Waals surface area (Å²) in [5, 5.41) is 0.655. The van der Waals surface area contributed by atoms with Crippen molar-refractivity contribution in [2.45, 2.75) is 37.8 Å². The molecule has 136 valence electrons. The van der Waals surface area contributed by atoms with E-state index < -0.39 is 5.54 Å². The van der Waals surface area contributed by atoms with Crippen molar-refractivity contribution in [2.24, 2.45) is 5.92 Å². The molecule has 0 saturated carbocycles. The molecule has 0 spiro atoms. The molecule has 2 heterocycles. The van der Waals surface area contributed by atoms with Crippen LogP contribution in [0.15, 0.2) is 24.3 Å². The van der Waals surface area contributed by atoms with Gasteiger partial charge in [0.1, 0.15) is 5.54 Å². The Morgan fingerprint density at radius 2 is 1.80 bits per heavy atom. The van der Waals surface area contributed by atoms with Crippen LogP contribution >= 0.6 is 11.6 Å².